The van der Waals surface area contributed by atoms with Crippen LogP contribution in [0.4, 0.5) is 5.82 Å². The molecule has 0 aliphatic rings. The van der Waals surface area contributed by atoms with Crippen molar-refractivity contribution in [2.24, 2.45) is 0 Å². The van der Waals surface area contributed by atoms with Crippen molar-refractivity contribution < 1.29 is 0 Å². The lowest BCUT2D eigenvalue weighted by Crippen LogP contribution is -2.06. The number of fused-ring (bicyclic) bond motifs is 1. The van der Waals surface area contributed by atoms with Crippen molar-refractivity contribution in [2.45, 2.75) is 20.4 Å². The molecule has 0 spiro atoms. The van der Waals surface area contributed by atoms with E-state index in [9.17, 15) is 0 Å². The molecule has 0 aliphatic carbocycles. The van der Waals surface area contributed by atoms with Gasteiger partial charge in [0.1, 0.15) is 17.2 Å². The number of thiazole rings is 1. The average molecular weight is 260 g/mol. The molecule has 0 amide bonds. The molecule has 3 aromatic heterocycles. The molecule has 3 rings (SSSR count). The number of anilines is 1. The number of nitrogens with one attached hydrogen (secondary N) is 1. The second-order valence-corrected chi connectivity index (χ2v) is 4.93. The maximum absolute atomic E-state index is 4.41. The van der Waals surface area contributed by atoms with E-state index in [1.54, 1.807) is 15.9 Å². The second kappa shape index (κ2) is 4.34. The molecule has 0 aromatic carbocycles. The Morgan fingerprint density at radius 1 is 1.28 bits per heavy atom. The number of aryl methyl sites for hydroxylation is 2. The highest BCUT2D eigenvalue weighted by molar-refractivity contribution is 7.09. The summed E-state index contributed by atoms with van der Waals surface area (Å²) in [6.45, 7) is 4.61. The van der Waals surface area contributed by atoms with Crippen LogP contribution in [-0.2, 0) is 6.54 Å². The Bertz CT molecular complexity index is 686. The van der Waals surface area contributed by atoms with Crippen LogP contribution in [-0.4, -0.2) is 24.6 Å². The third-order valence-corrected chi connectivity index (χ3v) is 3.43. The van der Waals surface area contributed by atoms with Gasteiger partial charge in [-0.3, -0.25) is 0 Å². The highest BCUT2D eigenvalue weighted by Crippen LogP contribution is 2.14. The predicted octanol–water partition coefficient (Wildman–Crippen LogP) is 1.81. The summed E-state index contributed by atoms with van der Waals surface area (Å²) in [6.07, 6.45) is 1.50. The monoisotopic (exact) mass is 260 g/mol. The highest BCUT2D eigenvalue weighted by atomic mass is 32.1. The molecule has 0 aliphatic heterocycles. The van der Waals surface area contributed by atoms with Crippen LogP contribution in [0.3, 0.4) is 0 Å². The maximum atomic E-state index is 4.41. The van der Waals surface area contributed by atoms with Gasteiger partial charge in [0.25, 0.3) is 5.78 Å². The smallest absolute Gasteiger partial charge is 0.254 e. The molecule has 6 nitrogen and oxygen atoms in total. The van der Waals surface area contributed by atoms with Crippen molar-refractivity contribution in [2.75, 3.05) is 5.32 Å². The zero-order valence-corrected chi connectivity index (χ0v) is 10.9. The first-order valence-electron chi connectivity index (χ1n) is 5.54. The summed E-state index contributed by atoms with van der Waals surface area (Å²) in [4.78, 5) is 12.8. The first-order chi connectivity index (χ1) is 8.72. The summed E-state index contributed by atoms with van der Waals surface area (Å²) < 4.78 is 1.69. The summed E-state index contributed by atoms with van der Waals surface area (Å²) in [5, 5.41) is 10.5. The summed E-state index contributed by atoms with van der Waals surface area (Å²) in [7, 11) is 0. The van der Waals surface area contributed by atoms with Gasteiger partial charge in [-0.2, -0.15) is 14.6 Å². The predicted molar refractivity (Wildman–Crippen MR) is 69.7 cm³/mol. The Labute approximate surface area is 108 Å². The van der Waals surface area contributed by atoms with Crippen molar-refractivity contribution >= 4 is 22.9 Å². The van der Waals surface area contributed by atoms with Crippen LogP contribution in [0.25, 0.3) is 5.78 Å². The number of rotatable bonds is 3. The Kier molecular flexibility index (Phi) is 2.67. The maximum Gasteiger partial charge on any atom is 0.254 e. The van der Waals surface area contributed by atoms with E-state index in [-0.39, 0.29) is 0 Å². The van der Waals surface area contributed by atoms with Gasteiger partial charge in [-0.15, -0.1) is 11.3 Å². The standard InChI is InChI=1S/C11H12N6S/c1-7-3-9(17-11(16-7)13-6-14-17)12-4-10-15-8(2)5-18-10/h3,5-6,12H,4H2,1-2H3. The van der Waals surface area contributed by atoms with Crippen LogP contribution < -0.4 is 5.32 Å². The van der Waals surface area contributed by atoms with Gasteiger partial charge in [-0.25, -0.2) is 9.97 Å². The molecule has 0 saturated heterocycles. The van der Waals surface area contributed by atoms with E-state index in [0.29, 0.717) is 12.3 Å². The van der Waals surface area contributed by atoms with Crippen molar-refractivity contribution in [3.8, 4) is 0 Å². The van der Waals surface area contributed by atoms with Crippen LogP contribution in [0.2, 0.25) is 0 Å². The third-order valence-electron chi connectivity index (χ3n) is 2.47. The quantitative estimate of drug-likeness (QED) is 0.778. The van der Waals surface area contributed by atoms with Crippen molar-refractivity contribution in [3.63, 3.8) is 0 Å². The number of hydrogen-bond acceptors (Lipinski definition) is 6. The molecule has 0 fully saturated rings. The first-order valence-corrected chi connectivity index (χ1v) is 6.42. The van der Waals surface area contributed by atoms with Crippen LogP contribution in [0, 0.1) is 13.8 Å². The molecule has 18 heavy (non-hydrogen) atoms. The van der Waals surface area contributed by atoms with Gasteiger partial charge in [-0.1, -0.05) is 0 Å². The molecule has 3 heterocycles. The Hall–Kier alpha value is -2.02. The van der Waals surface area contributed by atoms with Gasteiger partial charge in [0, 0.05) is 22.8 Å². The van der Waals surface area contributed by atoms with Crippen LogP contribution >= 0.6 is 11.3 Å². The molecule has 7 heteroatoms. The number of hydrogen-bond donors (Lipinski definition) is 1. The van der Waals surface area contributed by atoms with Crippen molar-refractivity contribution in [3.05, 3.63) is 34.2 Å². The van der Waals surface area contributed by atoms with Gasteiger partial charge in [0.15, 0.2) is 0 Å². The van der Waals surface area contributed by atoms with Crippen LogP contribution in [0.15, 0.2) is 17.8 Å². The molecule has 92 valence electrons. The minimum absolute atomic E-state index is 0.604. The normalized spacial score (nSPS) is 11.0. The molecule has 0 bridgehead atoms. The minimum atomic E-state index is 0.604. The molecule has 0 radical (unpaired) electrons. The van der Waals surface area contributed by atoms with Gasteiger partial charge >= 0.3 is 0 Å². The van der Waals surface area contributed by atoms with E-state index in [1.807, 2.05) is 25.3 Å². The van der Waals surface area contributed by atoms with E-state index in [0.717, 1.165) is 22.2 Å². The summed E-state index contributed by atoms with van der Waals surface area (Å²) in [5.74, 6) is 1.48. The lowest BCUT2D eigenvalue weighted by molar-refractivity contribution is 0.913. The number of aromatic nitrogens is 5. The van der Waals surface area contributed by atoms with E-state index in [1.165, 1.54) is 6.33 Å². The lowest BCUT2D eigenvalue weighted by atomic mass is 10.4. The van der Waals surface area contributed by atoms with E-state index in [2.05, 4.69) is 25.4 Å². The second-order valence-electron chi connectivity index (χ2n) is 3.99. The summed E-state index contributed by atoms with van der Waals surface area (Å²) in [5.41, 5.74) is 1.96. The van der Waals surface area contributed by atoms with E-state index >= 15 is 0 Å². The molecule has 0 unspecified atom stereocenters. The highest BCUT2D eigenvalue weighted by Gasteiger charge is 2.06. The van der Waals surface area contributed by atoms with E-state index in [4.69, 9.17) is 0 Å². The molecule has 0 atom stereocenters. The van der Waals surface area contributed by atoms with Crippen LogP contribution in [0.1, 0.15) is 16.4 Å². The average Bonchev–Trinajstić information content (AvgIpc) is 2.94. The number of nitrogens with zero attached hydrogens (tertiary/aromatic N) is 5. The fraction of sp³-hybridized carbons (Fsp3) is 0.273. The zero-order chi connectivity index (χ0) is 12.5. The Morgan fingerprint density at radius 2 is 2.17 bits per heavy atom. The fourth-order valence-corrected chi connectivity index (χ4v) is 2.42. The third kappa shape index (κ3) is 2.04. The van der Waals surface area contributed by atoms with Gasteiger partial charge in [0.05, 0.1) is 6.54 Å². The van der Waals surface area contributed by atoms with Crippen molar-refractivity contribution in [1.29, 1.82) is 0 Å². The largest absolute Gasteiger partial charge is 0.363 e. The molecular formula is C11H12N6S. The summed E-state index contributed by atoms with van der Waals surface area (Å²) >= 11 is 1.65. The fourth-order valence-electron chi connectivity index (χ4n) is 1.71. The molecule has 1 N–H and O–H groups in total. The van der Waals surface area contributed by atoms with Gasteiger partial charge < -0.3 is 5.32 Å². The zero-order valence-electron chi connectivity index (χ0n) is 10.1. The van der Waals surface area contributed by atoms with Gasteiger partial charge in [0.2, 0.25) is 0 Å². The first kappa shape index (κ1) is 11.1. The Morgan fingerprint density at radius 3 is 2.94 bits per heavy atom. The lowest BCUT2D eigenvalue weighted by Gasteiger charge is -2.06. The van der Waals surface area contributed by atoms with Gasteiger partial charge in [-0.05, 0) is 13.8 Å². The molecule has 3 aromatic rings. The van der Waals surface area contributed by atoms with E-state index < -0.39 is 0 Å². The topological polar surface area (TPSA) is 68.0 Å². The van der Waals surface area contributed by atoms with Crippen molar-refractivity contribution in [1.82, 2.24) is 24.6 Å². The SMILES string of the molecule is Cc1csc(CNc2cc(C)nc3ncnn23)n1. The van der Waals surface area contributed by atoms with Crippen LogP contribution in [0.5, 0.6) is 0 Å². The minimum Gasteiger partial charge on any atom is -0.363 e. The summed E-state index contributed by atoms with van der Waals surface area (Å²) in [6, 6.07) is 1.95. The molecular weight excluding hydrogens is 248 g/mol. The molecule has 0 saturated carbocycles. The Balaban J connectivity index is 1.87.